The fourth-order valence-electron chi connectivity index (χ4n) is 3.31. The molecule has 0 aliphatic carbocycles. The van der Waals surface area contributed by atoms with Crippen LogP contribution in [0.3, 0.4) is 0 Å². The quantitative estimate of drug-likeness (QED) is 0.682. The van der Waals surface area contributed by atoms with Crippen molar-refractivity contribution in [1.82, 2.24) is 19.7 Å². The molecule has 29 heavy (non-hydrogen) atoms. The van der Waals surface area contributed by atoms with Crippen LogP contribution < -0.4 is 9.62 Å². The van der Waals surface area contributed by atoms with E-state index in [0.29, 0.717) is 11.9 Å². The van der Waals surface area contributed by atoms with E-state index < -0.39 is 21.7 Å². The van der Waals surface area contributed by atoms with E-state index in [1.54, 1.807) is 12.4 Å². The Kier molecular flexibility index (Phi) is 5.14. The number of sulfonamides is 1. The van der Waals surface area contributed by atoms with Crippen LogP contribution in [-0.2, 0) is 10.0 Å². The molecule has 1 aliphatic rings. The number of rotatable bonds is 5. The normalized spacial score (nSPS) is 15.4. The summed E-state index contributed by atoms with van der Waals surface area (Å²) in [4.78, 5) is 10.2. The second-order valence-corrected chi connectivity index (χ2v) is 8.39. The number of anilines is 2. The van der Waals surface area contributed by atoms with Crippen LogP contribution in [0.15, 0.2) is 54.1 Å². The van der Waals surface area contributed by atoms with Crippen LogP contribution >= 0.6 is 0 Å². The Hall–Kier alpha value is -3.08. The van der Waals surface area contributed by atoms with E-state index in [2.05, 4.69) is 24.7 Å². The van der Waals surface area contributed by atoms with E-state index in [0.717, 1.165) is 38.1 Å². The number of halogens is 2. The summed E-state index contributed by atoms with van der Waals surface area (Å²) in [5.74, 6) is -1.08. The first-order chi connectivity index (χ1) is 13.9. The summed E-state index contributed by atoms with van der Waals surface area (Å²) in [7, 11) is -4.02. The third-order valence-corrected chi connectivity index (χ3v) is 6.11. The van der Waals surface area contributed by atoms with Crippen molar-refractivity contribution in [2.45, 2.75) is 23.8 Å². The predicted molar refractivity (Wildman–Crippen MR) is 102 cm³/mol. The number of pyridine rings is 1. The molecule has 1 aliphatic heterocycles. The van der Waals surface area contributed by atoms with Gasteiger partial charge in [0.25, 0.3) is 10.0 Å². The molecule has 0 amide bonds. The minimum Gasteiger partial charge on any atom is -0.356 e. The summed E-state index contributed by atoms with van der Waals surface area (Å²) in [6.07, 6.45) is 6.20. The predicted octanol–water partition coefficient (Wildman–Crippen LogP) is 2.59. The first-order valence-electron chi connectivity index (χ1n) is 8.95. The van der Waals surface area contributed by atoms with Crippen molar-refractivity contribution in [3.63, 3.8) is 0 Å². The zero-order chi connectivity index (χ0) is 20.4. The molecule has 2 aromatic heterocycles. The van der Waals surface area contributed by atoms with E-state index in [-0.39, 0.29) is 16.6 Å². The van der Waals surface area contributed by atoms with Crippen molar-refractivity contribution in [2.75, 3.05) is 22.7 Å². The Morgan fingerprint density at radius 3 is 2.38 bits per heavy atom. The maximum Gasteiger partial charge on any atom is 0.263 e. The maximum absolute atomic E-state index is 13.3. The summed E-state index contributed by atoms with van der Waals surface area (Å²) in [5, 5.41) is 4.17. The van der Waals surface area contributed by atoms with Crippen LogP contribution in [0.5, 0.6) is 0 Å². The summed E-state index contributed by atoms with van der Waals surface area (Å²) in [5.41, 5.74) is -0.193. The van der Waals surface area contributed by atoms with Crippen molar-refractivity contribution < 1.29 is 17.2 Å². The van der Waals surface area contributed by atoms with Crippen molar-refractivity contribution in [3.8, 4) is 0 Å². The van der Waals surface area contributed by atoms with Crippen LogP contribution in [0.1, 0.15) is 18.9 Å². The van der Waals surface area contributed by atoms with Crippen molar-refractivity contribution in [3.05, 3.63) is 60.8 Å². The average Bonchev–Trinajstić information content (AvgIpc) is 3.22. The second-order valence-electron chi connectivity index (χ2n) is 6.71. The average molecular weight is 420 g/mol. The highest BCUT2D eigenvalue weighted by Crippen LogP contribution is 2.25. The van der Waals surface area contributed by atoms with Crippen LogP contribution in [-0.4, -0.2) is 41.3 Å². The zero-order valence-electron chi connectivity index (χ0n) is 15.2. The number of benzene rings is 1. The molecule has 4 rings (SSSR count). The molecule has 1 aromatic carbocycles. The molecular weight excluding hydrogens is 402 g/mol. The van der Waals surface area contributed by atoms with Gasteiger partial charge in [-0.3, -0.25) is 4.72 Å². The van der Waals surface area contributed by atoms with Gasteiger partial charge in [0.15, 0.2) is 0 Å². The number of piperidine rings is 1. The summed E-state index contributed by atoms with van der Waals surface area (Å²) >= 11 is 0. The smallest absolute Gasteiger partial charge is 0.263 e. The van der Waals surface area contributed by atoms with Gasteiger partial charge >= 0.3 is 0 Å². The molecule has 0 bridgehead atoms. The first kappa shape index (κ1) is 19.2. The van der Waals surface area contributed by atoms with Crippen molar-refractivity contribution >= 4 is 21.5 Å². The van der Waals surface area contributed by atoms with Gasteiger partial charge in [0.05, 0.1) is 11.7 Å². The molecule has 1 fully saturated rings. The lowest BCUT2D eigenvalue weighted by Gasteiger charge is -2.32. The van der Waals surface area contributed by atoms with Gasteiger partial charge in [-0.05, 0) is 37.1 Å². The molecule has 3 heterocycles. The number of aromatic nitrogens is 4. The number of nitrogens with one attached hydrogen (secondary N) is 1. The molecule has 152 valence electrons. The highest BCUT2D eigenvalue weighted by atomic mass is 32.2. The van der Waals surface area contributed by atoms with Crippen molar-refractivity contribution in [2.24, 2.45) is 0 Å². The van der Waals surface area contributed by atoms with Gasteiger partial charge < -0.3 is 4.90 Å². The van der Waals surface area contributed by atoms with E-state index >= 15 is 0 Å². The van der Waals surface area contributed by atoms with E-state index in [1.165, 1.54) is 18.6 Å². The number of hydrogen-bond donors (Lipinski definition) is 1. The van der Waals surface area contributed by atoms with Crippen LogP contribution in [0.2, 0.25) is 0 Å². The largest absolute Gasteiger partial charge is 0.356 e. The fourth-order valence-corrected chi connectivity index (χ4v) is 4.30. The Morgan fingerprint density at radius 2 is 1.79 bits per heavy atom. The lowest BCUT2D eigenvalue weighted by molar-refractivity contribution is 0.365. The third-order valence-electron chi connectivity index (χ3n) is 4.75. The van der Waals surface area contributed by atoms with Gasteiger partial charge in [0.1, 0.15) is 35.0 Å². The molecular formula is C18H18F2N6O2S. The Bertz CT molecular complexity index is 1060. The Morgan fingerprint density at radius 1 is 1.07 bits per heavy atom. The standard InChI is InChI=1S/C18H18F2N6O2S/c19-13-7-14(20)9-15(8-13)24-29(27,28)17-1-2-18(22-10-17)25-5-3-16(4-6-25)26-12-21-11-23-26/h1-2,7-12,16,24H,3-6H2. The maximum atomic E-state index is 13.3. The summed E-state index contributed by atoms with van der Waals surface area (Å²) in [6.45, 7) is 1.51. The van der Waals surface area contributed by atoms with Gasteiger partial charge in [-0.25, -0.2) is 31.8 Å². The van der Waals surface area contributed by atoms with Crippen molar-refractivity contribution in [1.29, 1.82) is 0 Å². The van der Waals surface area contributed by atoms with Gasteiger partial charge in [-0.2, -0.15) is 5.10 Å². The van der Waals surface area contributed by atoms with Gasteiger partial charge in [0.2, 0.25) is 0 Å². The van der Waals surface area contributed by atoms with Crippen LogP contribution in [0, 0.1) is 11.6 Å². The molecule has 1 N–H and O–H groups in total. The molecule has 3 aromatic rings. The van der Waals surface area contributed by atoms with E-state index in [1.807, 2.05) is 4.68 Å². The van der Waals surface area contributed by atoms with Crippen LogP contribution in [0.4, 0.5) is 20.3 Å². The highest BCUT2D eigenvalue weighted by Gasteiger charge is 2.23. The SMILES string of the molecule is O=S(=O)(Nc1cc(F)cc(F)c1)c1ccc(N2CCC(n3cncn3)CC2)nc1. The first-order valence-corrected chi connectivity index (χ1v) is 10.4. The molecule has 0 unspecified atom stereocenters. The molecule has 0 saturated carbocycles. The van der Waals surface area contributed by atoms with E-state index in [4.69, 9.17) is 0 Å². The van der Waals surface area contributed by atoms with Crippen LogP contribution in [0.25, 0.3) is 0 Å². The van der Waals surface area contributed by atoms with Gasteiger partial charge in [0, 0.05) is 25.4 Å². The molecule has 1 saturated heterocycles. The fraction of sp³-hybridized carbons (Fsp3) is 0.278. The molecule has 11 heteroatoms. The lowest BCUT2D eigenvalue weighted by Crippen LogP contribution is -2.35. The highest BCUT2D eigenvalue weighted by molar-refractivity contribution is 7.92. The minimum absolute atomic E-state index is 0.0941. The minimum atomic E-state index is -4.02. The number of hydrogen-bond acceptors (Lipinski definition) is 6. The third kappa shape index (κ3) is 4.34. The molecule has 0 atom stereocenters. The van der Waals surface area contributed by atoms with Gasteiger partial charge in [-0.15, -0.1) is 0 Å². The lowest BCUT2D eigenvalue weighted by atomic mass is 10.1. The zero-order valence-corrected chi connectivity index (χ0v) is 16.1. The second kappa shape index (κ2) is 7.74. The molecule has 0 radical (unpaired) electrons. The summed E-state index contributed by atoms with van der Waals surface area (Å²) in [6, 6.07) is 5.80. The molecule has 0 spiro atoms. The number of nitrogens with zero attached hydrogens (tertiary/aromatic N) is 5. The van der Waals surface area contributed by atoms with Gasteiger partial charge in [-0.1, -0.05) is 0 Å². The Labute approximate surface area is 166 Å². The monoisotopic (exact) mass is 420 g/mol. The van der Waals surface area contributed by atoms with E-state index in [9.17, 15) is 17.2 Å². The molecule has 8 nitrogen and oxygen atoms in total. The topological polar surface area (TPSA) is 93.0 Å². The Balaban J connectivity index is 1.43. The summed E-state index contributed by atoms with van der Waals surface area (Å²) < 4.78 is 55.5.